The second-order valence-electron chi connectivity index (χ2n) is 10.3. The van der Waals surface area contributed by atoms with Gasteiger partial charge in [0.25, 0.3) is 5.91 Å². The standard InChI is InChI=1S/C31H34ClN3O6S/c1-2-40-27-15-14-24(32)19-29(27)42(38,39)34-18-8-11-23(20-34)31(37)35-21-28(41-26-13-7-6-12-25(26)35)30(36)33-17-16-22-9-4-3-5-10-22/h3-7,9-10,12-15,19,23,28H,2,8,11,16-18,20-21H2,1H3,(H,33,36)/t23-,28-/m1/s1. The topological polar surface area (TPSA) is 105 Å². The summed E-state index contributed by atoms with van der Waals surface area (Å²) in [7, 11) is -3.99. The number of nitrogens with one attached hydrogen (secondary N) is 1. The minimum atomic E-state index is -3.99. The Labute approximate surface area is 251 Å². The number of piperidine rings is 1. The summed E-state index contributed by atoms with van der Waals surface area (Å²) in [5.74, 6) is -0.505. The lowest BCUT2D eigenvalue weighted by atomic mass is 9.97. The van der Waals surface area contributed by atoms with Crippen molar-refractivity contribution >= 4 is 39.1 Å². The number of hydrogen-bond acceptors (Lipinski definition) is 6. The predicted molar refractivity (Wildman–Crippen MR) is 160 cm³/mol. The van der Waals surface area contributed by atoms with Gasteiger partial charge in [0, 0.05) is 24.7 Å². The molecule has 222 valence electrons. The maximum absolute atomic E-state index is 14.0. The van der Waals surface area contributed by atoms with Crippen LogP contribution in [0.5, 0.6) is 11.5 Å². The van der Waals surface area contributed by atoms with E-state index in [0.29, 0.717) is 43.9 Å². The Morgan fingerprint density at radius 3 is 2.60 bits per heavy atom. The summed E-state index contributed by atoms with van der Waals surface area (Å²) in [6.07, 6.45) is 0.799. The number of carbonyl (C=O) groups is 2. The Kier molecular flexibility index (Phi) is 9.35. The zero-order valence-electron chi connectivity index (χ0n) is 23.4. The first kappa shape index (κ1) is 29.9. The van der Waals surface area contributed by atoms with Gasteiger partial charge in [-0.3, -0.25) is 9.59 Å². The van der Waals surface area contributed by atoms with Crippen LogP contribution in [0.4, 0.5) is 5.69 Å². The summed E-state index contributed by atoms with van der Waals surface area (Å²) < 4.78 is 40.3. The van der Waals surface area contributed by atoms with Gasteiger partial charge in [-0.25, -0.2) is 8.42 Å². The average molecular weight is 612 g/mol. The van der Waals surface area contributed by atoms with Crippen molar-refractivity contribution in [1.29, 1.82) is 0 Å². The Morgan fingerprint density at radius 2 is 1.81 bits per heavy atom. The number of rotatable bonds is 9. The summed E-state index contributed by atoms with van der Waals surface area (Å²) >= 11 is 6.15. The molecule has 5 rings (SSSR count). The maximum atomic E-state index is 14.0. The van der Waals surface area contributed by atoms with Crippen molar-refractivity contribution in [1.82, 2.24) is 9.62 Å². The van der Waals surface area contributed by atoms with Crippen LogP contribution < -0.4 is 19.7 Å². The molecule has 0 unspecified atom stereocenters. The highest BCUT2D eigenvalue weighted by Crippen LogP contribution is 2.36. The number of fused-ring (bicyclic) bond motifs is 1. The van der Waals surface area contributed by atoms with Crippen molar-refractivity contribution in [3.8, 4) is 11.5 Å². The monoisotopic (exact) mass is 611 g/mol. The van der Waals surface area contributed by atoms with Gasteiger partial charge in [-0.2, -0.15) is 4.31 Å². The van der Waals surface area contributed by atoms with Crippen molar-refractivity contribution in [3.63, 3.8) is 0 Å². The van der Waals surface area contributed by atoms with Gasteiger partial charge in [0.15, 0.2) is 6.10 Å². The third kappa shape index (κ3) is 6.56. The zero-order valence-corrected chi connectivity index (χ0v) is 24.9. The molecule has 2 aliphatic heterocycles. The number of hydrogen-bond donors (Lipinski definition) is 1. The van der Waals surface area contributed by atoms with Crippen molar-refractivity contribution in [2.24, 2.45) is 5.92 Å². The van der Waals surface area contributed by atoms with Crippen LogP contribution in [0.3, 0.4) is 0 Å². The van der Waals surface area contributed by atoms with E-state index in [4.69, 9.17) is 21.1 Å². The molecule has 1 fully saturated rings. The minimum absolute atomic E-state index is 0.00665. The van der Waals surface area contributed by atoms with Crippen molar-refractivity contribution < 1.29 is 27.5 Å². The molecule has 2 amide bonds. The molecule has 0 radical (unpaired) electrons. The van der Waals surface area contributed by atoms with E-state index in [-0.39, 0.29) is 47.1 Å². The molecule has 2 heterocycles. The molecule has 3 aromatic carbocycles. The van der Waals surface area contributed by atoms with E-state index in [1.807, 2.05) is 30.3 Å². The number of ether oxygens (including phenoxy) is 2. The fourth-order valence-corrected chi connectivity index (χ4v) is 7.27. The molecule has 0 bridgehead atoms. The van der Waals surface area contributed by atoms with E-state index in [9.17, 15) is 18.0 Å². The van der Waals surface area contributed by atoms with Crippen LogP contribution in [-0.2, 0) is 26.0 Å². The molecule has 2 atom stereocenters. The van der Waals surface area contributed by atoms with Gasteiger partial charge in [0.1, 0.15) is 16.4 Å². The summed E-state index contributed by atoms with van der Waals surface area (Å²) in [5.41, 5.74) is 1.66. The molecule has 1 N–H and O–H groups in total. The fourth-order valence-electron chi connectivity index (χ4n) is 5.35. The van der Waals surface area contributed by atoms with Crippen molar-refractivity contribution in [2.75, 3.05) is 37.7 Å². The molecule has 1 saturated heterocycles. The third-order valence-corrected chi connectivity index (χ3v) is 9.57. The first-order valence-electron chi connectivity index (χ1n) is 14.1. The van der Waals surface area contributed by atoms with Crippen LogP contribution in [0.1, 0.15) is 25.3 Å². The first-order chi connectivity index (χ1) is 20.3. The fraction of sp³-hybridized carbons (Fsp3) is 0.355. The number of anilines is 1. The van der Waals surface area contributed by atoms with Crippen LogP contribution >= 0.6 is 11.6 Å². The second kappa shape index (κ2) is 13.1. The molecule has 0 aliphatic carbocycles. The Bertz CT molecular complexity index is 1530. The average Bonchev–Trinajstić information content (AvgIpc) is 3.01. The molecule has 0 aromatic heterocycles. The molecule has 0 spiro atoms. The summed E-state index contributed by atoms with van der Waals surface area (Å²) in [6, 6.07) is 21.4. The lowest BCUT2D eigenvalue weighted by Gasteiger charge is -2.38. The van der Waals surface area contributed by atoms with Crippen LogP contribution in [0.25, 0.3) is 0 Å². The van der Waals surface area contributed by atoms with Gasteiger partial charge >= 0.3 is 0 Å². The second-order valence-corrected chi connectivity index (χ2v) is 12.6. The van der Waals surface area contributed by atoms with Gasteiger partial charge in [0.05, 0.1) is 24.8 Å². The molecule has 2 aliphatic rings. The molecule has 9 nitrogen and oxygen atoms in total. The number of carbonyl (C=O) groups excluding carboxylic acids is 2. The van der Waals surface area contributed by atoms with Crippen molar-refractivity contribution in [3.05, 3.63) is 83.4 Å². The zero-order chi connectivity index (χ0) is 29.7. The van der Waals surface area contributed by atoms with Crippen LogP contribution in [0.2, 0.25) is 5.02 Å². The Balaban J connectivity index is 1.31. The number of nitrogens with zero attached hydrogens (tertiary/aromatic N) is 2. The van der Waals surface area contributed by atoms with Crippen molar-refractivity contribution in [2.45, 2.75) is 37.2 Å². The predicted octanol–water partition coefficient (Wildman–Crippen LogP) is 4.29. The number of sulfonamides is 1. The molecule has 11 heteroatoms. The van der Waals surface area contributed by atoms with Gasteiger partial charge < -0.3 is 19.7 Å². The summed E-state index contributed by atoms with van der Waals surface area (Å²) in [5, 5.41) is 3.20. The molecular weight excluding hydrogens is 578 g/mol. The Morgan fingerprint density at radius 1 is 1.05 bits per heavy atom. The minimum Gasteiger partial charge on any atom is -0.492 e. The molecular formula is C31H34ClN3O6S. The normalized spacial score (nSPS) is 19.0. The molecule has 42 heavy (non-hydrogen) atoms. The van der Waals surface area contributed by atoms with Crippen LogP contribution in [-0.4, -0.2) is 63.4 Å². The van der Waals surface area contributed by atoms with E-state index >= 15 is 0 Å². The van der Waals surface area contributed by atoms with E-state index < -0.39 is 22.0 Å². The molecule has 3 aromatic rings. The quantitative estimate of drug-likeness (QED) is 0.387. The maximum Gasteiger partial charge on any atom is 0.262 e. The Hall–Kier alpha value is -3.60. The first-order valence-corrected chi connectivity index (χ1v) is 15.9. The number of halogens is 1. The van der Waals surface area contributed by atoms with Gasteiger partial charge in [-0.15, -0.1) is 0 Å². The van der Waals surface area contributed by atoms with E-state index in [1.165, 1.54) is 10.4 Å². The highest BCUT2D eigenvalue weighted by atomic mass is 35.5. The van der Waals surface area contributed by atoms with E-state index in [2.05, 4.69) is 5.32 Å². The number of amides is 2. The summed E-state index contributed by atoms with van der Waals surface area (Å²) in [4.78, 5) is 28.6. The smallest absolute Gasteiger partial charge is 0.262 e. The largest absolute Gasteiger partial charge is 0.492 e. The lowest BCUT2D eigenvalue weighted by molar-refractivity contribution is -0.129. The number of para-hydroxylation sites is 2. The highest BCUT2D eigenvalue weighted by Gasteiger charge is 2.40. The van der Waals surface area contributed by atoms with Gasteiger partial charge in [0.2, 0.25) is 15.9 Å². The van der Waals surface area contributed by atoms with E-state index in [1.54, 1.807) is 48.2 Å². The van der Waals surface area contributed by atoms with E-state index in [0.717, 1.165) is 5.56 Å². The third-order valence-electron chi connectivity index (χ3n) is 7.44. The highest BCUT2D eigenvalue weighted by molar-refractivity contribution is 7.89. The summed E-state index contributed by atoms with van der Waals surface area (Å²) in [6.45, 7) is 2.81. The van der Waals surface area contributed by atoms with Crippen LogP contribution in [0.15, 0.2) is 77.7 Å². The van der Waals surface area contributed by atoms with Gasteiger partial charge in [-0.1, -0.05) is 54.1 Å². The number of benzene rings is 3. The SMILES string of the molecule is CCOc1ccc(Cl)cc1S(=O)(=O)N1CCC[C@@H](C(=O)N2C[C@H](C(=O)NCCc3ccccc3)Oc3ccccc32)C1. The van der Waals surface area contributed by atoms with Gasteiger partial charge in [-0.05, 0) is 62.1 Å². The van der Waals surface area contributed by atoms with Crippen LogP contribution in [0, 0.1) is 5.92 Å². The lowest BCUT2D eigenvalue weighted by Crippen LogP contribution is -2.54. The molecule has 0 saturated carbocycles.